The molecule has 198 valence electrons. The number of hydrogen-bond donors (Lipinski definition) is 2. The molecule has 0 amide bonds. The van der Waals surface area contributed by atoms with Crippen molar-refractivity contribution in [2.24, 2.45) is 0 Å². The summed E-state index contributed by atoms with van der Waals surface area (Å²) in [4.78, 5) is 17.6. The number of nitrogens with zero attached hydrogens (tertiary/aromatic N) is 4. The molecular weight excluding hydrogens is 480 g/mol. The Morgan fingerprint density at radius 2 is 1.44 bits per heavy atom. The molecule has 3 aromatic carbocycles. The van der Waals surface area contributed by atoms with Crippen LogP contribution in [0.15, 0.2) is 91.3 Å². The highest BCUT2D eigenvalue weighted by atomic mass is 15.3. The number of piperazine rings is 1. The van der Waals surface area contributed by atoms with Gasteiger partial charge < -0.3 is 15.2 Å². The van der Waals surface area contributed by atoms with Crippen molar-refractivity contribution in [3.05, 3.63) is 102 Å². The van der Waals surface area contributed by atoms with Gasteiger partial charge in [0.05, 0.1) is 5.39 Å². The average molecular weight is 517 g/mol. The Kier molecular flexibility index (Phi) is 7.39. The number of aromatic amines is 1. The molecule has 2 N–H and O–H groups in total. The van der Waals surface area contributed by atoms with E-state index in [1.54, 1.807) is 6.33 Å². The van der Waals surface area contributed by atoms with Gasteiger partial charge in [-0.1, -0.05) is 85.8 Å². The first-order chi connectivity index (χ1) is 19.2. The van der Waals surface area contributed by atoms with Crippen molar-refractivity contribution in [2.75, 3.05) is 38.0 Å². The van der Waals surface area contributed by atoms with Gasteiger partial charge in [-0.15, -0.1) is 0 Å². The van der Waals surface area contributed by atoms with Crippen LogP contribution in [0.1, 0.15) is 31.0 Å². The van der Waals surface area contributed by atoms with Gasteiger partial charge in [-0.3, -0.25) is 4.90 Å². The van der Waals surface area contributed by atoms with E-state index < -0.39 is 0 Å². The Bertz CT molecular complexity index is 1500. The van der Waals surface area contributed by atoms with Crippen LogP contribution in [0.4, 0.5) is 5.82 Å². The smallest absolute Gasteiger partial charge is 0.143 e. The topological polar surface area (TPSA) is 60.1 Å². The Balaban J connectivity index is 1.14. The summed E-state index contributed by atoms with van der Waals surface area (Å²) < 4.78 is 0. The summed E-state index contributed by atoms with van der Waals surface area (Å²) in [7, 11) is 0. The Morgan fingerprint density at radius 3 is 2.13 bits per heavy atom. The number of fused-ring (bicyclic) bond motifs is 1. The van der Waals surface area contributed by atoms with Crippen LogP contribution in [-0.2, 0) is 6.54 Å². The fraction of sp³-hybridized carbons (Fsp3) is 0.273. The highest BCUT2D eigenvalue weighted by Gasteiger charge is 2.16. The number of rotatable bonds is 8. The van der Waals surface area contributed by atoms with Gasteiger partial charge in [0.25, 0.3) is 0 Å². The number of benzene rings is 3. The zero-order chi connectivity index (χ0) is 26.6. The second-order valence-electron chi connectivity index (χ2n) is 10.4. The zero-order valence-electron chi connectivity index (χ0n) is 22.8. The SMILES string of the molecule is CCN1CCN(Cc2ccc(-c3ccc(-c4cc5c(NC(C)c6ccccc6)ncnc5[nH]4)cc3)cc2)CC1. The number of nitrogens with one attached hydrogen (secondary N) is 2. The third kappa shape index (κ3) is 5.72. The molecule has 1 fully saturated rings. The quantitative estimate of drug-likeness (QED) is 0.243. The molecule has 1 saturated heterocycles. The minimum atomic E-state index is 0.139. The van der Waals surface area contributed by atoms with Gasteiger partial charge in [0.1, 0.15) is 17.8 Å². The van der Waals surface area contributed by atoms with E-state index in [9.17, 15) is 0 Å². The highest BCUT2D eigenvalue weighted by molar-refractivity contribution is 5.91. The van der Waals surface area contributed by atoms with E-state index in [2.05, 4.69) is 123 Å². The van der Waals surface area contributed by atoms with Gasteiger partial charge >= 0.3 is 0 Å². The molecule has 1 aliphatic heterocycles. The molecule has 0 spiro atoms. The standard InChI is InChI=1S/C33H36N6/c1-3-38-17-19-39(20-18-38)22-25-9-11-27(12-10-25)28-13-15-29(16-14-28)31-21-30-32(34-23-35-33(30)37-31)36-24(2)26-7-5-4-6-8-26/h4-16,21,23-24H,3,17-20,22H2,1-2H3,(H2,34,35,36,37). The zero-order valence-corrected chi connectivity index (χ0v) is 22.8. The lowest BCUT2D eigenvalue weighted by Gasteiger charge is -2.34. The van der Waals surface area contributed by atoms with Crippen LogP contribution in [-0.4, -0.2) is 57.5 Å². The Morgan fingerprint density at radius 1 is 0.795 bits per heavy atom. The summed E-state index contributed by atoms with van der Waals surface area (Å²) in [5, 5.41) is 4.55. The maximum absolute atomic E-state index is 4.54. The molecule has 0 bridgehead atoms. The first-order valence-electron chi connectivity index (χ1n) is 14.0. The Hall–Kier alpha value is -4.00. The molecule has 6 nitrogen and oxygen atoms in total. The second-order valence-corrected chi connectivity index (χ2v) is 10.4. The van der Waals surface area contributed by atoms with Gasteiger partial charge in [0, 0.05) is 44.5 Å². The minimum absolute atomic E-state index is 0.139. The molecule has 1 atom stereocenters. The molecule has 0 radical (unpaired) electrons. The second kappa shape index (κ2) is 11.4. The lowest BCUT2D eigenvalue weighted by atomic mass is 10.0. The number of anilines is 1. The van der Waals surface area contributed by atoms with Crippen molar-refractivity contribution in [1.82, 2.24) is 24.8 Å². The lowest BCUT2D eigenvalue weighted by molar-refractivity contribution is 0.132. The van der Waals surface area contributed by atoms with Crippen molar-refractivity contribution in [3.63, 3.8) is 0 Å². The van der Waals surface area contributed by atoms with Gasteiger partial charge in [0.2, 0.25) is 0 Å². The van der Waals surface area contributed by atoms with Crippen molar-refractivity contribution in [3.8, 4) is 22.4 Å². The normalized spacial score (nSPS) is 15.4. The summed E-state index contributed by atoms with van der Waals surface area (Å²) in [5.41, 5.74) is 8.05. The molecular formula is C33H36N6. The van der Waals surface area contributed by atoms with Crippen molar-refractivity contribution in [2.45, 2.75) is 26.4 Å². The predicted molar refractivity (Wildman–Crippen MR) is 161 cm³/mol. The van der Waals surface area contributed by atoms with E-state index in [0.29, 0.717) is 0 Å². The molecule has 2 aromatic heterocycles. The molecule has 39 heavy (non-hydrogen) atoms. The molecule has 3 heterocycles. The number of likely N-dealkylation sites (N-methyl/N-ethyl adjacent to an activating group) is 1. The number of H-pyrrole nitrogens is 1. The summed E-state index contributed by atoms with van der Waals surface area (Å²) in [6, 6.07) is 30.5. The first-order valence-corrected chi connectivity index (χ1v) is 14.0. The van der Waals surface area contributed by atoms with Crippen LogP contribution in [0.5, 0.6) is 0 Å². The van der Waals surface area contributed by atoms with Crippen molar-refractivity contribution >= 4 is 16.9 Å². The predicted octanol–water partition coefficient (Wildman–Crippen LogP) is 6.60. The van der Waals surface area contributed by atoms with E-state index in [0.717, 1.165) is 54.3 Å². The summed E-state index contributed by atoms with van der Waals surface area (Å²) in [6.07, 6.45) is 1.61. The van der Waals surface area contributed by atoms with Crippen LogP contribution in [0.3, 0.4) is 0 Å². The maximum Gasteiger partial charge on any atom is 0.143 e. The van der Waals surface area contributed by atoms with Crippen LogP contribution >= 0.6 is 0 Å². The Labute approximate surface area is 230 Å². The molecule has 6 rings (SSSR count). The fourth-order valence-electron chi connectivity index (χ4n) is 5.41. The van der Waals surface area contributed by atoms with Gasteiger partial charge in [-0.05, 0) is 47.4 Å². The first kappa shape index (κ1) is 25.3. The van der Waals surface area contributed by atoms with Crippen LogP contribution < -0.4 is 5.32 Å². The van der Waals surface area contributed by atoms with E-state index in [1.807, 2.05) is 6.07 Å². The number of aromatic nitrogens is 3. The van der Waals surface area contributed by atoms with E-state index in [4.69, 9.17) is 0 Å². The average Bonchev–Trinajstić information content (AvgIpc) is 3.44. The highest BCUT2D eigenvalue weighted by Crippen LogP contribution is 2.30. The molecule has 1 aliphatic rings. The summed E-state index contributed by atoms with van der Waals surface area (Å²) >= 11 is 0. The van der Waals surface area contributed by atoms with Gasteiger partial charge in [0.15, 0.2) is 0 Å². The third-order valence-corrected chi connectivity index (χ3v) is 7.88. The summed E-state index contributed by atoms with van der Waals surface area (Å²) in [5.74, 6) is 0.836. The monoisotopic (exact) mass is 516 g/mol. The maximum atomic E-state index is 4.54. The third-order valence-electron chi connectivity index (χ3n) is 7.88. The fourth-order valence-corrected chi connectivity index (χ4v) is 5.41. The van der Waals surface area contributed by atoms with Crippen LogP contribution in [0, 0.1) is 0 Å². The van der Waals surface area contributed by atoms with Crippen LogP contribution in [0.2, 0.25) is 0 Å². The number of hydrogen-bond acceptors (Lipinski definition) is 5. The van der Waals surface area contributed by atoms with E-state index >= 15 is 0 Å². The molecule has 0 aliphatic carbocycles. The molecule has 5 aromatic rings. The van der Waals surface area contributed by atoms with Crippen molar-refractivity contribution in [1.29, 1.82) is 0 Å². The van der Waals surface area contributed by atoms with E-state index in [-0.39, 0.29) is 6.04 Å². The molecule has 1 unspecified atom stereocenters. The largest absolute Gasteiger partial charge is 0.363 e. The summed E-state index contributed by atoms with van der Waals surface area (Å²) in [6.45, 7) is 11.2. The van der Waals surface area contributed by atoms with Gasteiger partial charge in [-0.2, -0.15) is 0 Å². The van der Waals surface area contributed by atoms with Crippen LogP contribution in [0.25, 0.3) is 33.4 Å². The van der Waals surface area contributed by atoms with Crippen molar-refractivity contribution < 1.29 is 0 Å². The van der Waals surface area contributed by atoms with E-state index in [1.165, 1.54) is 35.3 Å². The minimum Gasteiger partial charge on any atom is -0.363 e. The molecule has 6 heteroatoms. The lowest BCUT2D eigenvalue weighted by Crippen LogP contribution is -2.45. The molecule has 0 saturated carbocycles. The van der Waals surface area contributed by atoms with Gasteiger partial charge in [-0.25, -0.2) is 9.97 Å².